The number of piperazine rings is 1. The summed E-state index contributed by atoms with van der Waals surface area (Å²) in [6, 6.07) is -1.45. The number of carbonyl (C=O) groups excluding carboxylic acids is 2. The highest BCUT2D eigenvalue weighted by Crippen LogP contribution is 2.27. The molecule has 1 saturated heterocycles. The topological polar surface area (TPSA) is 98.7 Å². The molecule has 1 aliphatic carbocycles. The third kappa shape index (κ3) is 4.09. The summed E-state index contributed by atoms with van der Waals surface area (Å²) in [4.78, 5) is 35.7. The molecule has 1 atom stereocenters. The zero-order valence-electron chi connectivity index (χ0n) is 12.3. The zero-order valence-corrected chi connectivity index (χ0v) is 12.3. The van der Waals surface area contributed by atoms with Gasteiger partial charge in [0.1, 0.15) is 12.6 Å². The Balaban J connectivity index is 1.85. The monoisotopic (exact) mass is 297 g/mol. The summed E-state index contributed by atoms with van der Waals surface area (Å²) >= 11 is 0. The Morgan fingerprint density at radius 3 is 2.62 bits per heavy atom. The fourth-order valence-corrected chi connectivity index (χ4v) is 2.94. The van der Waals surface area contributed by atoms with Crippen LogP contribution in [0.3, 0.4) is 0 Å². The van der Waals surface area contributed by atoms with Crippen molar-refractivity contribution in [2.75, 3.05) is 19.6 Å². The van der Waals surface area contributed by atoms with Crippen LogP contribution < -0.4 is 10.6 Å². The first-order chi connectivity index (χ1) is 9.97. The van der Waals surface area contributed by atoms with Crippen molar-refractivity contribution in [3.63, 3.8) is 0 Å². The Bertz CT molecular complexity index is 418. The van der Waals surface area contributed by atoms with Crippen molar-refractivity contribution < 1.29 is 19.5 Å². The van der Waals surface area contributed by atoms with Crippen LogP contribution in [0.5, 0.6) is 0 Å². The predicted molar refractivity (Wildman–Crippen MR) is 75.7 cm³/mol. The highest BCUT2D eigenvalue weighted by atomic mass is 16.4. The first kappa shape index (κ1) is 15.6. The number of nitrogens with zero attached hydrogens (tertiary/aromatic N) is 1. The standard InChI is InChI=1S/C14H23N3O4/c1-9-2-4-10(5-3-9)6-16-14(21)17-8-12(18)15-7-11(17)13(19)20/h9-11H,2-8H2,1H3,(H,15,18)(H,16,21)(H,19,20). The molecule has 0 bridgehead atoms. The SMILES string of the molecule is CC1CCC(CNC(=O)N2CC(=O)NCC2C(=O)O)CC1. The molecule has 21 heavy (non-hydrogen) atoms. The summed E-state index contributed by atoms with van der Waals surface area (Å²) in [6.07, 6.45) is 4.52. The quantitative estimate of drug-likeness (QED) is 0.702. The van der Waals surface area contributed by atoms with Gasteiger partial charge in [-0.15, -0.1) is 0 Å². The average Bonchev–Trinajstić information content (AvgIpc) is 2.46. The third-order valence-corrected chi connectivity index (χ3v) is 4.41. The molecule has 0 aromatic carbocycles. The van der Waals surface area contributed by atoms with E-state index in [1.54, 1.807) is 0 Å². The minimum Gasteiger partial charge on any atom is -0.480 e. The van der Waals surface area contributed by atoms with Gasteiger partial charge in [-0.05, 0) is 24.7 Å². The van der Waals surface area contributed by atoms with Crippen molar-refractivity contribution in [1.82, 2.24) is 15.5 Å². The molecule has 2 fully saturated rings. The summed E-state index contributed by atoms with van der Waals surface area (Å²) in [5, 5.41) is 14.4. The summed E-state index contributed by atoms with van der Waals surface area (Å²) < 4.78 is 0. The molecule has 118 valence electrons. The number of aliphatic carboxylic acids is 1. The summed E-state index contributed by atoms with van der Waals surface area (Å²) in [6.45, 7) is 2.54. The van der Waals surface area contributed by atoms with E-state index in [0.29, 0.717) is 12.5 Å². The maximum atomic E-state index is 12.1. The lowest BCUT2D eigenvalue weighted by Gasteiger charge is -2.33. The highest BCUT2D eigenvalue weighted by molar-refractivity contribution is 5.90. The number of nitrogens with one attached hydrogen (secondary N) is 2. The van der Waals surface area contributed by atoms with Gasteiger partial charge in [0.15, 0.2) is 0 Å². The number of hydrogen-bond acceptors (Lipinski definition) is 3. The number of carboxylic acid groups (broad SMARTS) is 1. The lowest BCUT2D eigenvalue weighted by molar-refractivity contribution is -0.144. The van der Waals surface area contributed by atoms with Gasteiger partial charge in [0.25, 0.3) is 0 Å². The van der Waals surface area contributed by atoms with Crippen molar-refractivity contribution in [2.24, 2.45) is 11.8 Å². The molecule has 3 amide bonds. The number of urea groups is 1. The zero-order chi connectivity index (χ0) is 15.4. The lowest BCUT2D eigenvalue weighted by atomic mass is 9.83. The third-order valence-electron chi connectivity index (χ3n) is 4.41. The van der Waals surface area contributed by atoms with Gasteiger partial charge in [0, 0.05) is 13.1 Å². The van der Waals surface area contributed by atoms with Crippen LogP contribution in [0.4, 0.5) is 4.79 Å². The van der Waals surface area contributed by atoms with Crippen LogP contribution in [-0.2, 0) is 9.59 Å². The molecule has 2 aliphatic rings. The normalized spacial score (nSPS) is 29.7. The number of rotatable bonds is 3. The molecule has 0 aromatic heterocycles. The maximum Gasteiger partial charge on any atom is 0.328 e. The van der Waals surface area contributed by atoms with E-state index in [9.17, 15) is 14.4 Å². The van der Waals surface area contributed by atoms with Gasteiger partial charge >= 0.3 is 12.0 Å². The van der Waals surface area contributed by atoms with Gasteiger partial charge in [-0.2, -0.15) is 0 Å². The van der Waals surface area contributed by atoms with Gasteiger partial charge in [-0.1, -0.05) is 19.8 Å². The van der Waals surface area contributed by atoms with Crippen LogP contribution in [0.25, 0.3) is 0 Å². The van der Waals surface area contributed by atoms with Crippen LogP contribution in [-0.4, -0.2) is 53.6 Å². The van der Waals surface area contributed by atoms with Crippen molar-refractivity contribution in [2.45, 2.75) is 38.6 Å². The molecule has 0 radical (unpaired) electrons. The van der Waals surface area contributed by atoms with Crippen molar-refractivity contribution in [3.05, 3.63) is 0 Å². The molecular weight excluding hydrogens is 274 g/mol. The Labute approximate surface area is 124 Å². The number of carbonyl (C=O) groups is 3. The minimum absolute atomic E-state index is 0.0392. The van der Waals surface area contributed by atoms with Crippen LogP contribution in [0.1, 0.15) is 32.6 Å². The molecule has 2 rings (SSSR count). The van der Waals surface area contributed by atoms with Gasteiger partial charge in [-0.25, -0.2) is 9.59 Å². The van der Waals surface area contributed by atoms with Crippen LogP contribution in [0.2, 0.25) is 0 Å². The second-order valence-corrected chi connectivity index (χ2v) is 6.10. The molecule has 1 unspecified atom stereocenters. The molecule has 7 nitrogen and oxygen atoms in total. The fourth-order valence-electron chi connectivity index (χ4n) is 2.94. The predicted octanol–water partition coefficient (Wildman–Crippen LogP) is 0.407. The van der Waals surface area contributed by atoms with E-state index in [2.05, 4.69) is 17.6 Å². The largest absolute Gasteiger partial charge is 0.480 e. The first-order valence-corrected chi connectivity index (χ1v) is 7.51. The molecule has 3 N–H and O–H groups in total. The number of amides is 3. The highest BCUT2D eigenvalue weighted by Gasteiger charge is 2.35. The lowest BCUT2D eigenvalue weighted by Crippen LogP contribution is -2.61. The van der Waals surface area contributed by atoms with Crippen molar-refractivity contribution in [3.8, 4) is 0 Å². The molecule has 0 spiro atoms. The molecular formula is C14H23N3O4. The average molecular weight is 297 g/mol. The second kappa shape index (κ2) is 6.78. The minimum atomic E-state index is -1.10. The smallest absolute Gasteiger partial charge is 0.328 e. The summed E-state index contributed by atoms with van der Waals surface area (Å²) in [7, 11) is 0. The van der Waals surface area contributed by atoms with Crippen LogP contribution >= 0.6 is 0 Å². The Morgan fingerprint density at radius 2 is 2.00 bits per heavy atom. The van der Waals surface area contributed by atoms with E-state index in [0.717, 1.165) is 23.7 Å². The van der Waals surface area contributed by atoms with E-state index in [-0.39, 0.29) is 19.0 Å². The number of carboxylic acids is 1. The Morgan fingerprint density at radius 1 is 1.33 bits per heavy atom. The van der Waals surface area contributed by atoms with Gasteiger partial charge in [0.05, 0.1) is 0 Å². The first-order valence-electron chi connectivity index (χ1n) is 7.51. The van der Waals surface area contributed by atoms with E-state index in [1.807, 2.05) is 0 Å². The van der Waals surface area contributed by atoms with Gasteiger partial charge in [-0.3, -0.25) is 9.69 Å². The number of hydrogen-bond donors (Lipinski definition) is 3. The van der Waals surface area contributed by atoms with Gasteiger partial charge in [0.2, 0.25) is 5.91 Å². The van der Waals surface area contributed by atoms with E-state index in [4.69, 9.17) is 5.11 Å². The van der Waals surface area contributed by atoms with Crippen molar-refractivity contribution >= 4 is 17.9 Å². The van der Waals surface area contributed by atoms with Crippen LogP contribution in [0.15, 0.2) is 0 Å². The van der Waals surface area contributed by atoms with E-state index < -0.39 is 18.0 Å². The summed E-state index contributed by atoms with van der Waals surface area (Å²) in [5.41, 5.74) is 0. The van der Waals surface area contributed by atoms with Crippen molar-refractivity contribution in [1.29, 1.82) is 0 Å². The maximum absolute atomic E-state index is 12.1. The molecule has 1 aliphatic heterocycles. The van der Waals surface area contributed by atoms with Crippen LogP contribution in [0, 0.1) is 11.8 Å². The van der Waals surface area contributed by atoms with E-state index in [1.165, 1.54) is 12.8 Å². The summed E-state index contributed by atoms with van der Waals surface area (Å²) in [5.74, 6) is -0.225. The fraction of sp³-hybridized carbons (Fsp3) is 0.786. The molecule has 1 heterocycles. The molecule has 1 saturated carbocycles. The molecule has 7 heteroatoms. The second-order valence-electron chi connectivity index (χ2n) is 6.10. The van der Waals surface area contributed by atoms with Gasteiger partial charge < -0.3 is 15.7 Å². The Kier molecular flexibility index (Phi) is 5.03. The van der Waals surface area contributed by atoms with E-state index >= 15 is 0 Å². The Hall–Kier alpha value is -1.79. The molecule has 0 aromatic rings.